The molecule has 0 bridgehead atoms. The number of aromatic nitrogens is 2. The number of fused-ring (bicyclic) bond motifs is 2. The summed E-state index contributed by atoms with van der Waals surface area (Å²) in [5.41, 5.74) is 4.75. The Kier molecular flexibility index (Phi) is 10.7. The van der Waals surface area contributed by atoms with Crippen LogP contribution in [0.25, 0.3) is 22.2 Å². The summed E-state index contributed by atoms with van der Waals surface area (Å²) in [6.45, 7) is 10.3. The number of halogens is 3. The number of hydrogen-bond acceptors (Lipinski definition) is 9. The number of piperidine rings is 1. The Morgan fingerprint density at radius 2 is 1.66 bits per heavy atom. The van der Waals surface area contributed by atoms with E-state index < -0.39 is 51.1 Å². The number of benzene rings is 3. The molecule has 0 radical (unpaired) electrons. The van der Waals surface area contributed by atoms with Gasteiger partial charge in [0.2, 0.25) is 11.7 Å². The highest BCUT2D eigenvalue weighted by atomic mass is 32.2. The molecule has 3 N–H and O–H groups in total. The minimum absolute atomic E-state index is 0.00566. The maximum absolute atomic E-state index is 15.7. The summed E-state index contributed by atoms with van der Waals surface area (Å²) in [7, 11) is -4.35. The van der Waals surface area contributed by atoms with Gasteiger partial charge in [-0.3, -0.25) is 24.0 Å². The SMILES string of the molecule is C=C1CCC(N2Cc3cc(N4CCN(CC5CN(c6ccc(-c7cnc8[nH]cc(C(=O)c9c(F)ccc(NS(=O)(=O)N%10CC[C@@H](F)C%10)c9F)c8c7)cc6)C5)CC4)ccc3C2=O)C(=O)N1. The van der Waals surface area contributed by atoms with Crippen LogP contribution in [0.1, 0.15) is 51.1 Å². The minimum Gasteiger partial charge on any atom is -0.371 e. The van der Waals surface area contributed by atoms with Crippen molar-refractivity contribution in [3.8, 4) is 11.1 Å². The second-order valence-corrected chi connectivity index (χ2v) is 19.0. The van der Waals surface area contributed by atoms with E-state index in [9.17, 15) is 27.2 Å². The van der Waals surface area contributed by atoms with Gasteiger partial charge in [0, 0.05) is 123 Å². The molecule has 2 aromatic heterocycles. The summed E-state index contributed by atoms with van der Waals surface area (Å²) < 4.78 is 73.0. The molecule has 0 aliphatic carbocycles. The van der Waals surface area contributed by atoms with Gasteiger partial charge in [-0.25, -0.2) is 18.2 Å². The predicted molar refractivity (Wildman–Crippen MR) is 236 cm³/mol. The summed E-state index contributed by atoms with van der Waals surface area (Å²) >= 11 is 0. The molecule has 0 spiro atoms. The van der Waals surface area contributed by atoms with E-state index in [1.54, 1.807) is 17.2 Å². The van der Waals surface area contributed by atoms with Gasteiger partial charge in [-0.05, 0) is 78.9 Å². The number of ketones is 1. The monoisotopic (exact) mass is 893 g/mol. The van der Waals surface area contributed by atoms with Crippen LogP contribution in [-0.2, 0) is 21.5 Å². The third-order valence-electron chi connectivity index (χ3n) is 13.2. The fourth-order valence-corrected chi connectivity index (χ4v) is 10.9. The summed E-state index contributed by atoms with van der Waals surface area (Å²) in [5.74, 6) is -3.27. The molecule has 4 fully saturated rings. The lowest BCUT2D eigenvalue weighted by atomic mass is 9.97. The normalized spacial score (nSPS) is 21.1. The van der Waals surface area contributed by atoms with Crippen LogP contribution < -0.4 is 19.8 Å². The number of nitrogens with one attached hydrogen (secondary N) is 3. The highest BCUT2D eigenvalue weighted by molar-refractivity contribution is 7.90. The molecular formula is C46H46F3N9O5S. The van der Waals surface area contributed by atoms with Gasteiger partial charge in [0.15, 0.2) is 5.82 Å². The molecule has 5 aromatic rings. The number of H-pyrrole nitrogens is 1. The molecule has 2 amide bonds. The lowest BCUT2D eigenvalue weighted by Gasteiger charge is -2.45. The molecule has 64 heavy (non-hydrogen) atoms. The lowest BCUT2D eigenvalue weighted by molar-refractivity contribution is -0.126. The summed E-state index contributed by atoms with van der Waals surface area (Å²) in [6.07, 6.45) is 2.88. The molecule has 5 aliphatic heterocycles. The highest BCUT2D eigenvalue weighted by Crippen LogP contribution is 2.34. The molecule has 7 heterocycles. The van der Waals surface area contributed by atoms with Crippen LogP contribution in [0.3, 0.4) is 0 Å². The predicted octanol–water partition coefficient (Wildman–Crippen LogP) is 5.45. The van der Waals surface area contributed by atoms with Gasteiger partial charge in [0.05, 0.1) is 11.3 Å². The number of nitrogens with zero attached hydrogens (tertiary/aromatic N) is 6. The molecule has 18 heteroatoms. The number of amides is 2. The minimum atomic E-state index is -4.35. The number of hydrogen-bond donors (Lipinski definition) is 3. The Morgan fingerprint density at radius 3 is 2.39 bits per heavy atom. The second kappa shape index (κ2) is 16.4. The van der Waals surface area contributed by atoms with Crippen molar-refractivity contribution >= 4 is 55.9 Å². The molecule has 5 aliphatic rings. The van der Waals surface area contributed by atoms with Gasteiger partial charge in [-0.1, -0.05) is 18.7 Å². The van der Waals surface area contributed by atoms with Crippen LogP contribution >= 0.6 is 0 Å². The van der Waals surface area contributed by atoms with Crippen molar-refractivity contribution in [1.29, 1.82) is 0 Å². The average molecular weight is 894 g/mol. The maximum Gasteiger partial charge on any atom is 0.301 e. The average Bonchev–Trinajstić information content (AvgIpc) is 4.00. The molecule has 3 aromatic carbocycles. The molecule has 0 saturated carbocycles. The van der Waals surface area contributed by atoms with Gasteiger partial charge in [0.25, 0.3) is 5.91 Å². The summed E-state index contributed by atoms with van der Waals surface area (Å²) in [4.78, 5) is 55.8. The van der Waals surface area contributed by atoms with Crippen LogP contribution in [0.4, 0.5) is 30.2 Å². The van der Waals surface area contributed by atoms with E-state index in [0.717, 1.165) is 84.8 Å². The Hall–Kier alpha value is -6.24. The third kappa shape index (κ3) is 7.76. The Morgan fingerprint density at radius 1 is 0.891 bits per heavy atom. The second-order valence-electron chi connectivity index (χ2n) is 17.3. The number of aromatic amines is 1. The molecule has 4 saturated heterocycles. The Labute approximate surface area is 367 Å². The first-order chi connectivity index (χ1) is 30.8. The first-order valence-corrected chi connectivity index (χ1v) is 22.9. The van der Waals surface area contributed by atoms with Crippen molar-refractivity contribution in [3.63, 3.8) is 0 Å². The zero-order chi connectivity index (χ0) is 44.4. The first kappa shape index (κ1) is 41.8. The highest BCUT2D eigenvalue weighted by Gasteiger charge is 2.39. The van der Waals surface area contributed by atoms with Gasteiger partial charge in [-0.2, -0.15) is 12.7 Å². The number of alkyl halides is 1. The van der Waals surface area contributed by atoms with Crippen molar-refractivity contribution in [3.05, 3.63) is 119 Å². The number of anilines is 3. The number of carbonyl (C=O) groups is 3. The van der Waals surface area contributed by atoms with Crippen molar-refractivity contribution in [2.75, 3.05) is 73.4 Å². The van der Waals surface area contributed by atoms with E-state index in [1.165, 1.54) is 6.20 Å². The number of carbonyl (C=O) groups excluding carboxylic acids is 3. The van der Waals surface area contributed by atoms with E-state index in [-0.39, 0.29) is 36.9 Å². The Balaban J connectivity index is 0.736. The maximum atomic E-state index is 15.7. The van der Waals surface area contributed by atoms with E-state index in [1.807, 2.05) is 41.1 Å². The Bertz CT molecular complexity index is 2820. The first-order valence-electron chi connectivity index (χ1n) is 21.5. The van der Waals surface area contributed by atoms with E-state index in [2.05, 4.69) is 42.6 Å². The quantitative estimate of drug-likeness (QED) is 0.147. The fourth-order valence-electron chi connectivity index (χ4n) is 9.58. The van der Waals surface area contributed by atoms with Crippen molar-refractivity contribution in [1.82, 2.24) is 29.4 Å². The van der Waals surface area contributed by atoms with Gasteiger partial charge >= 0.3 is 10.2 Å². The van der Waals surface area contributed by atoms with E-state index >= 15 is 8.78 Å². The fraction of sp³-hybridized carbons (Fsp3) is 0.348. The summed E-state index contributed by atoms with van der Waals surface area (Å²) in [5, 5.41) is 3.13. The molecule has 10 rings (SSSR count). The van der Waals surface area contributed by atoms with Crippen LogP contribution in [0.5, 0.6) is 0 Å². The smallest absolute Gasteiger partial charge is 0.301 e. The van der Waals surface area contributed by atoms with Gasteiger partial charge in [-0.15, -0.1) is 0 Å². The number of allylic oxidation sites excluding steroid dienone is 1. The van der Waals surface area contributed by atoms with E-state index in [4.69, 9.17) is 0 Å². The number of piperazine rings is 1. The standard InChI is InChI=1S/C46H46F3N9O5S/c1-27-2-11-40(45(60)52-27)58-25-31-18-34(7-8-35(31)46(58)61)55-16-14-54(15-17-55)22-28-23-56(24-28)33-5-3-29(4-6-33)30-19-36-37(21-51-44(36)50-20-30)43(59)41-38(48)9-10-39(42(41)49)53-64(62,63)57-13-12-32(47)26-57/h3-10,18-21,28,32,40,53H,1-2,11-17,22-26H2,(H,50,51)(H,52,60)/t32-,40?/m1/s1. The summed E-state index contributed by atoms with van der Waals surface area (Å²) in [6, 6.07) is 17.0. The topological polar surface area (TPSA) is 154 Å². The third-order valence-corrected chi connectivity index (χ3v) is 14.7. The van der Waals surface area contributed by atoms with Crippen molar-refractivity contribution in [2.45, 2.75) is 38.0 Å². The van der Waals surface area contributed by atoms with Crippen LogP contribution in [-0.4, -0.2) is 121 Å². The molecular weight excluding hydrogens is 848 g/mol. The molecule has 2 atom stereocenters. The zero-order valence-electron chi connectivity index (χ0n) is 34.8. The van der Waals surface area contributed by atoms with E-state index in [0.29, 0.717) is 53.2 Å². The largest absolute Gasteiger partial charge is 0.371 e. The van der Waals surface area contributed by atoms with Gasteiger partial charge in [0.1, 0.15) is 23.7 Å². The lowest BCUT2D eigenvalue weighted by Crippen LogP contribution is -2.55. The number of rotatable bonds is 11. The van der Waals surface area contributed by atoms with Crippen molar-refractivity contribution < 1.29 is 36.0 Å². The zero-order valence-corrected chi connectivity index (χ0v) is 35.6. The van der Waals surface area contributed by atoms with Crippen LogP contribution in [0, 0.1) is 17.6 Å². The van der Waals surface area contributed by atoms with Crippen LogP contribution in [0.15, 0.2) is 85.3 Å². The van der Waals surface area contributed by atoms with Crippen LogP contribution in [0.2, 0.25) is 0 Å². The molecule has 14 nitrogen and oxygen atoms in total. The number of pyridine rings is 1. The molecule has 1 unspecified atom stereocenters. The van der Waals surface area contributed by atoms with Crippen molar-refractivity contribution in [2.24, 2.45) is 5.92 Å². The molecule has 332 valence electrons. The van der Waals surface area contributed by atoms with Gasteiger partial charge < -0.3 is 25.0 Å².